The zero-order chi connectivity index (χ0) is 20.8. The van der Waals surface area contributed by atoms with Gasteiger partial charge >= 0.3 is 0 Å². The van der Waals surface area contributed by atoms with Crippen LogP contribution in [0.5, 0.6) is 0 Å². The Bertz CT molecular complexity index is 983. The van der Waals surface area contributed by atoms with Crippen LogP contribution in [0.2, 0.25) is 0 Å². The number of likely N-dealkylation sites (tertiary alicyclic amines) is 1. The first kappa shape index (κ1) is 20.4. The highest BCUT2D eigenvalue weighted by Crippen LogP contribution is 2.22. The molecule has 1 aliphatic heterocycles. The van der Waals surface area contributed by atoms with Gasteiger partial charge in [0.25, 0.3) is 0 Å². The van der Waals surface area contributed by atoms with Gasteiger partial charge in [0.1, 0.15) is 18.0 Å². The Kier molecular flexibility index (Phi) is 6.60. The monoisotopic (exact) mass is 426 g/mol. The second-order valence-corrected chi connectivity index (χ2v) is 8.23. The van der Waals surface area contributed by atoms with Crippen LogP contribution < -0.4 is 10.6 Å². The first-order chi connectivity index (χ1) is 14.7. The number of aromatic nitrogens is 3. The van der Waals surface area contributed by atoms with Crippen molar-refractivity contribution in [2.24, 2.45) is 5.92 Å². The number of thiazole rings is 1. The van der Waals surface area contributed by atoms with Gasteiger partial charge in [-0.05, 0) is 43.9 Å². The zero-order valence-electron chi connectivity index (χ0n) is 16.4. The number of anilines is 3. The van der Waals surface area contributed by atoms with Crippen LogP contribution in [-0.2, 0) is 11.2 Å². The van der Waals surface area contributed by atoms with Crippen molar-refractivity contribution < 1.29 is 9.18 Å². The third kappa shape index (κ3) is 5.58. The molecule has 30 heavy (non-hydrogen) atoms. The Morgan fingerprint density at radius 2 is 2.17 bits per heavy atom. The van der Waals surface area contributed by atoms with Gasteiger partial charge in [0.15, 0.2) is 5.13 Å². The number of nitrogens with one attached hydrogen (secondary N) is 2. The molecule has 1 fully saturated rings. The average molecular weight is 427 g/mol. The fourth-order valence-electron chi connectivity index (χ4n) is 3.68. The van der Waals surface area contributed by atoms with Crippen molar-refractivity contribution in [2.75, 3.05) is 30.3 Å². The minimum absolute atomic E-state index is 0.197. The number of benzene rings is 1. The third-order valence-corrected chi connectivity index (χ3v) is 5.70. The second-order valence-electron chi connectivity index (χ2n) is 7.33. The van der Waals surface area contributed by atoms with Crippen molar-refractivity contribution in [1.82, 2.24) is 19.9 Å². The minimum atomic E-state index is -0.423. The maximum absolute atomic E-state index is 13.7. The molecule has 0 radical (unpaired) electrons. The summed E-state index contributed by atoms with van der Waals surface area (Å²) in [6, 6.07) is 8.16. The predicted octanol–water partition coefficient (Wildman–Crippen LogP) is 3.71. The summed E-state index contributed by atoms with van der Waals surface area (Å²) in [5.74, 6) is 0.514. The molecule has 1 amide bonds. The number of para-hydroxylation sites is 1. The average Bonchev–Trinajstić information content (AvgIpc) is 3.23. The van der Waals surface area contributed by atoms with E-state index < -0.39 is 5.82 Å². The van der Waals surface area contributed by atoms with Gasteiger partial charge in [0.2, 0.25) is 5.91 Å². The quantitative estimate of drug-likeness (QED) is 0.599. The molecule has 3 aromatic rings. The molecule has 2 N–H and O–H groups in total. The van der Waals surface area contributed by atoms with Gasteiger partial charge in [0, 0.05) is 29.9 Å². The van der Waals surface area contributed by atoms with E-state index >= 15 is 0 Å². The molecule has 0 aliphatic carbocycles. The summed E-state index contributed by atoms with van der Waals surface area (Å²) in [6.07, 6.45) is 6.24. The Hall–Kier alpha value is -2.91. The zero-order valence-corrected chi connectivity index (χ0v) is 17.2. The highest BCUT2D eigenvalue weighted by atomic mass is 32.1. The molecule has 0 spiro atoms. The van der Waals surface area contributed by atoms with Crippen LogP contribution in [0.4, 0.5) is 21.0 Å². The van der Waals surface area contributed by atoms with E-state index in [1.165, 1.54) is 17.4 Å². The molecule has 0 bridgehead atoms. The maximum Gasteiger partial charge on any atom is 0.238 e. The maximum atomic E-state index is 13.7. The lowest BCUT2D eigenvalue weighted by molar-refractivity contribution is -0.117. The Morgan fingerprint density at radius 1 is 1.27 bits per heavy atom. The number of carbonyl (C=O) groups is 1. The van der Waals surface area contributed by atoms with Gasteiger partial charge < -0.3 is 10.6 Å². The number of hydrogen-bond acceptors (Lipinski definition) is 7. The van der Waals surface area contributed by atoms with Crippen LogP contribution in [0.15, 0.2) is 48.2 Å². The third-order valence-electron chi connectivity index (χ3n) is 5.01. The lowest BCUT2D eigenvalue weighted by Gasteiger charge is -2.32. The molecule has 156 valence electrons. The van der Waals surface area contributed by atoms with Crippen molar-refractivity contribution >= 4 is 33.9 Å². The van der Waals surface area contributed by atoms with Crippen molar-refractivity contribution in [3.63, 3.8) is 0 Å². The van der Waals surface area contributed by atoms with Crippen LogP contribution in [0.1, 0.15) is 18.5 Å². The first-order valence-electron chi connectivity index (χ1n) is 9.90. The fraction of sp³-hybridized carbons (Fsp3) is 0.333. The first-order valence-corrected chi connectivity index (χ1v) is 10.8. The molecular weight excluding hydrogens is 403 g/mol. The summed E-state index contributed by atoms with van der Waals surface area (Å²) in [7, 11) is 0. The van der Waals surface area contributed by atoms with Crippen LogP contribution >= 0.6 is 11.3 Å². The number of carbonyl (C=O) groups excluding carboxylic acids is 1. The van der Waals surface area contributed by atoms with Crippen molar-refractivity contribution in [1.29, 1.82) is 0 Å². The van der Waals surface area contributed by atoms with Crippen LogP contribution in [0, 0.1) is 11.7 Å². The van der Waals surface area contributed by atoms with Crippen molar-refractivity contribution in [3.05, 3.63) is 59.7 Å². The smallest absolute Gasteiger partial charge is 0.238 e. The minimum Gasteiger partial charge on any atom is -0.322 e. The van der Waals surface area contributed by atoms with Crippen LogP contribution in [0.3, 0.4) is 0 Å². The molecule has 1 saturated heterocycles. The van der Waals surface area contributed by atoms with E-state index in [-0.39, 0.29) is 18.1 Å². The standard InChI is InChI=1S/C21H23FN6OS/c22-17-5-1-2-6-18(17)26-20(29)13-28-8-3-4-15(12-28)10-16-11-19(25-14-24-16)27-21-23-7-9-30-21/h1-2,5-7,9,11,14-15H,3-4,8,10,12-13H2,(H,26,29)(H,23,24,25,27)/t15-/m0/s1. The number of nitrogens with zero attached hydrogens (tertiary/aromatic N) is 4. The largest absolute Gasteiger partial charge is 0.322 e. The van der Waals surface area contributed by atoms with E-state index in [9.17, 15) is 9.18 Å². The lowest BCUT2D eigenvalue weighted by Crippen LogP contribution is -2.41. The fourth-order valence-corrected chi connectivity index (χ4v) is 4.22. The molecule has 2 aromatic heterocycles. The number of rotatable bonds is 7. The number of halogens is 1. The molecule has 0 unspecified atom stereocenters. The normalized spacial score (nSPS) is 16.9. The van der Waals surface area contributed by atoms with E-state index in [1.54, 1.807) is 30.7 Å². The van der Waals surface area contributed by atoms with Crippen LogP contribution in [0.25, 0.3) is 0 Å². The Morgan fingerprint density at radius 3 is 3.00 bits per heavy atom. The molecule has 0 saturated carbocycles. The van der Waals surface area contributed by atoms with Gasteiger partial charge in [-0.25, -0.2) is 19.3 Å². The Balaban J connectivity index is 1.31. The number of hydrogen-bond donors (Lipinski definition) is 2. The summed E-state index contributed by atoms with van der Waals surface area (Å²) < 4.78 is 13.7. The molecule has 1 aromatic carbocycles. The van der Waals surface area contributed by atoms with E-state index in [0.29, 0.717) is 5.92 Å². The predicted molar refractivity (Wildman–Crippen MR) is 115 cm³/mol. The van der Waals surface area contributed by atoms with E-state index in [1.807, 2.05) is 11.4 Å². The molecule has 1 atom stereocenters. The van der Waals surface area contributed by atoms with Crippen molar-refractivity contribution in [3.8, 4) is 0 Å². The van der Waals surface area contributed by atoms with Crippen LogP contribution in [-0.4, -0.2) is 45.4 Å². The number of amides is 1. The molecule has 9 heteroatoms. The SMILES string of the molecule is O=C(CN1CCC[C@@H](Cc2cc(Nc3nccs3)ncn2)C1)Nc1ccccc1F. The summed E-state index contributed by atoms with van der Waals surface area (Å²) in [5.41, 5.74) is 1.18. The summed E-state index contributed by atoms with van der Waals surface area (Å²) >= 11 is 1.52. The Labute approximate surface area is 178 Å². The summed E-state index contributed by atoms with van der Waals surface area (Å²) in [6.45, 7) is 1.93. The van der Waals surface area contributed by atoms with E-state index in [4.69, 9.17) is 0 Å². The van der Waals surface area contributed by atoms with Gasteiger partial charge in [-0.2, -0.15) is 0 Å². The molecular formula is C21H23FN6OS. The van der Waals surface area contributed by atoms with Crippen molar-refractivity contribution in [2.45, 2.75) is 19.3 Å². The van der Waals surface area contributed by atoms with E-state index in [2.05, 4.69) is 30.5 Å². The molecule has 4 rings (SSSR count). The molecule has 3 heterocycles. The number of piperidine rings is 1. The van der Waals surface area contributed by atoms with Gasteiger partial charge in [-0.3, -0.25) is 9.69 Å². The van der Waals surface area contributed by atoms with Gasteiger partial charge in [-0.1, -0.05) is 12.1 Å². The van der Waals surface area contributed by atoms with Gasteiger partial charge in [0.05, 0.1) is 12.2 Å². The second kappa shape index (κ2) is 9.73. The van der Waals surface area contributed by atoms with Gasteiger partial charge in [-0.15, -0.1) is 11.3 Å². The topological polar surface area (TPSA) is 83.0 Å². The molecule has 7 nitrogen and oxygen atoms in total. The van der Waals surface area contributed by atoms with E-state index in [0.717, 1.165) is 49.0 Å². The molecule has 1 aliphatic rings. The summed E-state index contributed by atoms with van der Waals surface area (Å²) in [4.78, 5) is 27.3. The highest BCUT2D eigenvalue weighted by molar-refractivity contribution is 7.13. The lowest BCUT2D eigenvalue weighted by atomic mass is 9.93. The summed E-state index contributed by atoms with van der Waals surface area (Å²) in [5, 5.41) is 8.55. The highest BCUT2D eigenvalue weighted by Gasteiger charge is 2.22.